The molecule has 0 spiro atoms. The van der Waals surface area contributed by atoms with E-state index in [0.29, 0.717) is 19.3 Å². The fraction of sp³-hybridized carbons (Fsp3) is 0.900. The van der Waals surface area contributed by atoms with Gasteiger partial charge in [-0.2, -0.15) is 0 Å². The summed E-state index contributed by atoms with van der Waals surface area (Å²) in [7, 11) is 0. The maximum absolute atomic E-state index is 11.8. The van der Waals surface area contributed by atoms with Gasteiger partial charge in [-0.05, 0) is 12.8 Å². The van der Waals surface area contributed by atoms with Crippen molar-refractivity contribution in [2.75, 3.05) is 13.2 Å². The van der Waals surface area contributed by atoms with Gasteiger partial charge in [0.1, 0.15) is 12.7 Å². The maximum Gasteiger partial charge on any atom is 0.306 e. The molecule has 0 fully saturated rings. The molecule has 5 heteroatoms. The minimum absolute atomic E-state index is 0.0376. The first kappa shape index (κ1) is 23.9. The highest BCUT2D eigenvalue weighted by atomic mass is 16.6. The van der Waals surface area contributed by atoms with Crippen molar-refractivity contribution in [3.8, 4) is 0 Å². The van der Waals surface area contributed by atoms with E-state index >= 15 is 0 Å². The number of esters is 2. The molecule has 1 N–H and O–H groups in total. The third-order valence-electron chi connectivity index (χ3n) is 4.15. The lowest BCUT2D eigenvalue weighted by molar-refractivity contribution is -0.160. The lowest BCUT2D eigenvalue weighted by Crippen LogP contribution is -2.26. The van der Waals surface area contributed by atoms with Crippen molar-refractivity contribution < 1.29 is 24.2 Å². The second-order valence-corrected chi connectivity index (χ2v) is 6.64. The Morgan fingerprint density at radius 1 is 0.800 bits per heavy atom. The fourth-order valence-corrected chi connectivity index (χ4v) is 2.57. The molecule has 148 valence electrons. The smallest absolute Gasteiger partial charge is 0.306 e. The van der Waals surface area contributed by atoms with Crippen LogP contribution in [0.4, 0.5) is 0 Å². The number of aliphatic hydroxyl groups excluding tert-OH is 1. The third kappa shape index (κ3) is 16.1. The Morgan fingerprint density at radius 2 is 1.32 bits per heavy atom. The Morgan fingerprint density at radius 3 is 1.84 bits per heavy atom. The van der Waals surface area contributed by atoms with E-state index in [1.54, 1.807) is 0 Å². The molecule has 0 amide bonds. The van der Waals surface area contributed by atoms with E-state index in [1.807, 2.05) is 0 Å². The summed E-state index contributed by atoms with van der Waals surface area (Å²) in [6.07, 6.45) is 11.3. The summed E-state index contributed by atoms with van der Waals surface area (Å²) in [5, 5.41) is 9.08. The Balaban J connectivity index is 3.87. The number of unbranched alkanes of at least 4 members (excludes halogenated alkanes) is 8. The van der Waals surface area contributed by atoms with E-state index in [4.69, 9.17) is 14.6 Å². The molecule has 0 radical (unpaired) electrons. The molecule has 0 aromatic heterocycles. The highest BCUT2D eigenvalue weighted by Crippen LogP contribution is 2.09. The second kappa shape index (κ2) is 17.7. The van der Waals surface area contributed by atoms with E-state index < -0.39 is 6.10 Å². The molecule has 1 atom stereocenters. The van der Waals surface area contributed by atoms with Crippen LogP contribution in [0, 0.1) is 0 Å². The minimum atomic E-state index is -0.544. The van der Waals surface area contributed by atoms with Gasteiger partial charge in [0.2, 0.25) is 0 Å². The highest BCUT2D eigenvalue weighted by molar-refractivity contribution is 5.70. The third-order valence-corrected chi connectivity index (χ3v) is 4.15. The van der Waals surface area contributed by atoms with Crippen LogP contribution in [0.15, 0.2) is 0 Å². The molecular formula is C20H38O5. The Hall–Kier alpha value is -1.10. The van der Waals surface area contributed by atoms with Crippen molar-refractivity contribution in [2.24, 2.45) is 0 Å². The summed E-state index contributed by atoms with van der Waals surface area (Å²) in [5.74, 6) is -0.527. The molecule has 0 aliphatic heterocycles. The lowest BCUT2D eigenvalue weighted by Gasteiger charge is -2.17. The summed E-state index contributed by atoms with van der Waals surface area (Å²) >= 11 is 0. The Labute approximate surface area is 153 Å². The SMILES string of the molecule is CCCCCCCC(=O)OCC(CCO)OC(=O)CCCCCCC. The van der Waals surface area contributed by atoms with Crippen LogP contribution in [-0.2, 0) is 19.1 Å². The van der Waals surface area contributed by atoms with Gasteiger partial charge in [0.25, 0.3) is 0 Å². The van der Waals surface area contributed by atoms with E-state index in [2.05, 4.69) is 13.8 Å². The number of hydrogen-bond acceptors (Lipinski definition) is 5. The van der Waals surface area contributed by atoms with Crippen molar-refractivity contribution in [3.63, 3.8) is 0 Å². The summed E-state index contributed by atoms with van der Waals surface area (Å²) in [6.45, 7) is 4.25. The van der Waals surface area contributed by atoms with Crippen molar-refractivity contribution >= 4 is 11.9 Å². The minimum Gasteiger partial charge on any atom is -0.462 e. The molecule has 0 saturated carbocycles. The van der Waals surface area contributed by atoms with Crippen LogP contribution in [0.5, 0.6) is 0 Å². The van der Waals surface area contributed by atoms with Gasteiger partial charge in [-0.1, -0.05) is 65.2 Å². The molecule has 5 nitrogen and oxygen atoms in total. The molecule has 0 bridgehead atoms. The summed E-state index contributed by atoms with van der Waals surface area (Å²) < 4.78 is 10.5. The van der Waals surface area contributed by atoms with Crippen LogP contribution in [0.3, 0.4) is 0 Å². The number of hydrogen-bond donors (Lipinski definition) is 1. The summed E-state index contributed by atoms with van der Waals surface area (Å²) in [5.41, 5.74) is 0. The van der Waals surface area contributed by atoms with Gasteiger partial charge in [0, 0.05) is 25.9 Å². The molecule has 0 aromatic carbocycles. The van der Waals surface area contributed by atoms with Gasteiger partial charge in [0.05, 0.1) is 0 Å². The van der Waals surface area contributed by atoms with Crippen LogP contribution in [-0.4, -0.2) is 36.4 Å². The first-order chi connectivity index (χ1) is 12.1. The Bertz CT molecular complexity index is 330. The molecule has 0 heterocycles. The van der Waals surface area contributed by atoms with Gasteiger partial charge in [-0.25, -0.2) is 0 Å². The van der Waals surface area contributed by atoms with Crippen LogP contribution < -0.4 is 0 Å². The zero-order chi connectivity index (χ0) is 18.8. The molecule has 0 rings (SSSR count). The van der Waals surface area contributed by atoms with E-state index in [1.165, 1.54) is 25.7 Å². The normalized spacial score (nSPS) is 12.0. The first-order valence-electron chi connectivity index (χ1n) is 10.1. The number of carbonyl (C=O) groups excluding carboxylic acids is 2. The number of ether oxygens (including phenoxy) is 2. The van der Waals surface area contributed by atoms with Gasteiger partial charge in [-0.15, -0.1) is 0 Å². The van der Waals surface area contributed by atoms with Crippen molar-refractivity contribution in [3.05, 3.63) is 0 Å². The van der Waals surface area contributed by atoms with Crippen molar-refractivity contribution in [1.29, 1.82) is 0 Å². The van der Waals surface area contributed by atoms with Gasteiger partial charge in [0.15, 0.2) is 0 Å². The van der Waals surface area contributed by atoms with Crippen molar-refractivity contribution in [2.45, 2.75) is 103 Å². The van der Waals surface area contributed by atoms with Crippen LogP contribution >= 0.6 is 0 Å². The molecule has 0 aliphatic rings. The quantitative estimate of drug-likeness (QED) is 0.305. The average molecular weight is 359 g/mol. The lowest BCUT2D eigenvalue weighted by atomic mass is 10.1. The maximum atomic E-state index is 11.8. The largest absolute Gasteiger partial charge is 0.462 e. The molecule has 1 unspecified atom stereocenters. The topological polar surface area (TPSA) is 72.8 Å². The number of rotatable bonds is 17. The summed E-state index contributed by atoms with van der Waals surface area (Å²) in [6, 6.07) is 0. The molecular weight excluding hydrogens is 320 g/mol. The van der Waals surface area contributed by atoms with Gasteiger partial charge >= 0.3 is 11.9 Å². The van der Waals surface area contributed by atoms with E-state index in [0.717, 1.165) is 38.5 Å². The number of aliphatic hydroxyl groups is 1. The predicted molar refractivity (Wildman–Crippen MR) is 99.3 cm³/mol. The number of carbonyl (C=O) groups is 2. The zero-order valence-electron chi connectivity index (χ0n) is 16.3. The zero-order valence-corrected chi connectivity index (χ0v) is 16.3. The predicted octanol–water partition coefficient (Wildman–Crippen LogP) is 4.54. The first-order valence-corrected chi connectivity index (χ1v) is 10.1. The van der Waals surface area contributed by atoms with Crippen molar-refractivity contribution in [1.82, 2.24) is 0 Å². The summed E-state index contributed by atoms with van der Waals surface area (Å²) in [4.78, 5) is 23.6. The standard InChI is InChI=1S/C20H38O5/c1-3-5-7-9-11-13-19(22)24-17-18(15-16-21)25-20(23)14-12-10-8-6-4-2/h18,21H,3-17H2,1-2H3. The fourth-order valence-electron chi connectivity index (χ4n) is 2.57. The molecule has 25 heavy (non-hydrogen) atoms. The van der Waals surface area contributed by atoms with Crippen LogP contribution in [0.2, 0.25) is 0 Å². The van der Waals surface area contributed by atoms with Gasteiger partial charge in [-0.3, -0.25) is 9.59 Å². The van der Waals surface area contributed by atoms with Crippen LogP contribution in [0.1, 0.15) is 97.3 Å². The molecule has 0 aliphatic carbocycles. The van der Waals surface area contributed by atoms with Crippen LogP contribution in [0.25, 0.3) is 0 Å². The van der Waals surface area contributed by atoms with E-state index in [9.17, 15) is 9.59 Å². The van der Waals surface area contributed by atoms with E-state index in [-0.39, 0.29) is 25.2 Å². The second-order valence-electron chi connectivity index (χ2n) is 6.64. The monoisotopic (exact) mass is 358 g/mol. The molecule has 0 saturated heterocycles. The Kier molecular flexibility index (Phi) is 16.9. The molecule has 0 aromatic rings. The highest BCUT2D eigenvalue weighted by Gasteiger charge is 2.16. The van der Waals surface area contributed by atoms with Gasteiger partial charge < -0.3 is 14.6 Å². The average Bonchev–Trinajstić information content (AvgIpc) is 2.59.